The van der Waals surface area contributed by atoms with Crippen molar-refractivity contribution >= 4 is 63.7 Å². The summed E-state index contributed by atoms with van der Waals surface area (Å²) in [5.74, 6) is -3.81. The van der Waals surface area contributed by atoms with Crippen LogP contribution in [0.4, 0.5) is 5.13 Å². The van der Waals surface area contributed by atoms with Gasteiger partial charge in [0.15, 0.2) is 5.13 Å². The number of esters is 1. The molecule has 2 amide bonds. The molecular formula is C17H20N6O8S2. The predicted molar refractivity (Wildman–Crippen MR) is 114 cm³/mol. The van der Waals surface area contributed by atoms with Gasteiger partial charge in [0.2, 0.25) is 17.4 Å². The lowest BCUT2D eigenvalue weighted by Gasteiger charge is -2.53. The number of oxime groups is 1. The fourth-order valence-electron chi connectivity index (χ4n) is 3.20. The zero-order chi connectivity index (χ0) is 24.3. The van der Waals surface area contributed by atoms with Crippen LogP contribution in [-0.4, -0.2) is 92.0 Å². The summed E-state index contributed by atoms with van der Waals surface area (Å²) in [6.07, 6.45) is -0.465. The minimum Gasteiger partial charge on any atom is -0.481 e. The normalized spacial score (nSPS) is 24.4. The minimum atomic E-state index is -1.54. The first-order valence-electron chi connectivity index (χ1n) is 9.40. The van der Waals surface area contributed by atoms with Crippen molar-refractivity contribution in [1.82, 2.24) is 19.6 Å². The van der Waals surface area contributed by atoms with Gasteiger partial charge in [-0.05, 0) is 6.92 Å². The Balaban J connectivity index is 1.66. The van der Waals surface area contributed by atoms with Crippen molar-refractivity contribution < 1.29 is 38.7 Å². The lowest BCUT2D eigenvalue weighted by molar-refractivity contribution is -0.165. The van der Waals surface area contributed by atoms with Crippen LogP contribution in [0.5, 0.6) is 0 Å². The number of carboxylic acids is 1. The quantitative estimate of drug-likeness (QED) is 0.116. The maximum Gasteiger partial charge on any atom is 0.315 e. The molecule has 1 aromatic rings. The van der Waals surface area contributed by atoms with E-state index in [2.05, 4.69) is 24.7 Å². The van der Waals surface area contributed by atoms with Crippen LogP contribution in [-0.2, 0) is 33.5 Å². The van der Waals surface area contributed by atoms with E-state index >= 15 is 0 Å². The summed E-state index contributed by atoms with van der Waals surface area (Å²) in [6.45, 7) is 0.503. The summed E-state index contributed by atoms with van der Waals surface area (Å²) in [6, 6.07) is -0.937. The van der Waals surface area contributed by atoms with Crippen LogP contribution in [0, 0.1) is 5.41 Å². The number of carbonyl (C=O) groups is 5. The Morgan fingerprint density at radius 1 is 1.39 bits per heavy atom. The maximum atomic E-state index is 12.7. The van der Waals surface area contributed by atoms with Gasteiger partial charge < -0.3 is 30.6 Å². The van der Waals surface area contributed by atoms with Gasteiger partial charge in [0.25, 0.3) is 5.91 Å². The average molecular weight is 501 g/mol. The summed E-state index contributed by atoms with van der Waals surface area (Å²) < 4.78 is 8.89. The number of hydrogen-bond donors (Lipinski definition) is 3. The highest BCUT2D eigenvalue weighted by molar-refractivity contribution is 8.00. The number of aromatic nitrogens is 2. The van der Waals surface area contributed by atoms with E-state index in [-0.39, 0.29) is 29.0 Å². The summed E-state index contributed by atoms with van der Waals surface area (Å²) >= 11 is 1.98. The van der Waals surface area contributed by atoms with Crippen molar-refractivity contribution in [3.8, 4) is 0 Å². The number of nitrogens with one attached hydrogen (secondary N) is 1. The first-order valence-corrected chi connectivity index (χ1v) is 11.2. The SMILES string of the molecule is CON=C(C(=O)NC1C(=O)N2CC(COC(=O)CC(C)=O)(C(=O)O)CS[C@H]12)c1nsc(N)n1. The number of carboxylic acid groups (broad SMARTS) is 1. The van der Waals surface area contributed by atoms with Gasteiger partial charge in [-0.25, -0.2) is 0 Å². The molecule has 3 rings (SSSR count). The van der Waals surface area contributed by atoms with Crippen LogP contribution in [0.15, 0.2) is 5.16 Å². The number of ether oxygens (including phenoxy) is 1. The summed E-state index contributed by atoms with van der Waals surface area (Å²) in [7, 11) is 1.23. The number of amides is 2. The predicted octanol–water partition coefficient (Wildman–Crippen LogP) is -1.54. The highest BCUT2D eigenvalue weighted by atomic mass is 32.2. The number of nitrogens with zero attached hydrogens (tertiary/aromatic N) is 4. The van der Waals surface area contributed by atoms with Gasteiger partial charge in [0, 0.05) is 23.8 Å². The van der Waals surface area contributed by atoms with Crippen molar-refractivity contribution in [3.63, 3.8) is 0 Å². The number of fused-ring (bicyclic) bond motifs is 1. The number of thioether (sulfide) groups is 1. The molecule has 178 valence electrons. The van der Waals surface area contributed by atoms with Gasteiger partial charge in [-0.1, -0.05) is 5.16 Å². The highest BCUT2D eigenvalue weighted by Crippen LogP contribution is 2.42. The van der Waals surface area contributed by atoms with E-state index in [1.54, 1.807) is 0 Å². The molecule has 3 heterocycles. The molecule has 2 unspecified atom stereocenters. The van der Waals surface area contributed by atoms with E-state index in [1.807, 2.05) is 0 Å². The van der Waals surface area contributed by atoms with Crippen molar-refractivity contribution in [1.29, 1.82) is 0 Å². The van der Waals surface area contributed by atoms with Crippen molar-refractivity contribution in [2.24, 2.45) is 10.6 Å². The van der Waals surface area contributed by atoms with Gasteiger partial charge in [-0.15, -0.1) is 11.8 Å². The molecule has 2 aliphatic rings. The second-order valence-electron chi connectivity index (χ2n) is 7.32. The number of nitrogens with two attached hydrogens (primary N) is 1. The zero-order valence-electron chi connectivity index (χ0n) is 17.5. The Morgan fingerprint density at radius 2 is 2.12 bits per heavy atom. The monoisotopic (exact) mass is 500 g/mol. The molecule has 0 aromatic carbocycles. The fraction of sp³-hybridized carbons (Fsp3) is 0.529. The van der Waals surface area contributed by atoms with E-state index in [0.717, 1.165) is 23.3 Å². The summed E-state index contributed by atoms with van der Waals surface area (Å²) in [4.78, 5) is 69.8. The van der Waals surface area contributed by atoms with Crippen LogP contribution < -0.4 is 11.1 Å². The Morgan fingerprint density at radius 3 is 2.70 bits per heavy atom. The third-order valence-corrected chi connectivity index (χ3v) is 6.97. The second kappa shape index (κ2) is 9.70. The Hall–Kier alpha value is -3.27. The standard InChI is InChI=1S/C17H20N6O8S2/c1-7(24)3-8(25)31-5-17(15(28)29)4-23-13(27)10(14(23)32-6-17)19-12(26)9(21-30-2)11-20-16(18)33-22-11/h10,14H,3-6H2,1-2H3,(H,19,26)(H,28,29)(H2,18,20,22)/t10?,14-,17?/m1/s1. The molecule has 0 spiro atoms. The molecular weight excluding hydrogens is 480 g/mol. The first kappa shape index (κ1) is 24.4. The maximum absolute atomic E-state index is 12.7. The molecule has 16 heteroatoms. The number of nitrogen functional groups attached to an aromatic ring is 1. The topological polar surface area (TPSA) is 203 Å². The third-order valence-electron chi connectivity index (χ3n) is 4.84. The Kier molecular flexibility index (Phi) is 7.16. The van der Waals surface area contributed by atoms with Crippen LogP contribution in [0.2, 0.25) is 0 Å². The van der Waals surface area contributed by atoms with E-state index < -0.39 is 59.4 Å². The Labute approximate surface area is 195 Å². The molecule has 2 aliphatic heterocycles. The van der Waals surface area contributed by atoms with Crippen LogP contribution in [0.3, 0.4) is 0 Å². The molecule has 2 fully saturated rings. The number of carbonyl (C=O) groups excluding carboxylic acids is 4. The highest BCUT2D eigenvalue weighted by Gasteiger charge is 2.58. The van der Waals surface area contributed by atoms with Gasteiger partial charge in [-0.3, -0.25) is 24.0 Å². The van der Waals surface area contributed by atoms with Crippen molar-refractivity contribution in [3.05, 3.63) is 5.82 Å². The van der Waals surface area contributed by atoms with Crippen LogP contribution >= 0.6 is 23.3 Å². The number of Topliss-reactive ketones (excluding diaryl/α,β-unsaturated/α-hetero) is 1. The number of β-lactam (4-membered cyclic amide) rings is 1. The molecule has 0 aliphatic carbocycles. The second-order valence-corrected chi connectivity index (χ2v) is 9.21. The summed E-state index contributed by atoms with van der Waals surface area (Å²) in [5, 5.41) is 15.5. The van der Waals surface area contributed by atoms with Gasteiger partial charge in [-0.2, -0.15) is 9.36 Å². The number of hydrogen-bond acceptors (Lipinski definition) is 13. The van der Waals surface area contributed by atoms with E-state index in [9.17, 15) is 29.1 Å². The van der Waals surface area contributed by atoms with E-state index in [4.69, 9.17) is 10.5 Å². The number of ketones is 1. The van der Waals surface area contributed by atoms with Gasteiger partial charge in [0.1, 0.15) is 42.8 Å². The van der Waals surface area contributed by atoms with Gasteiger partial charge >= 0.3 is 11.9 Å². The number of anilines is 1. The molecule has 33 heavy (non-hydrogen) atoms. The lowest BCUT2D eigenvalue weighted by Crippen LogP contribution is -2.74. The molecule has 0 saturated carbocycles. The average Bonchev–Trinajstić information content (AvgIpc) is 3.19. The van der Waals surface area contributed by atoms with Crippen LogP contribution in [0.25, 0.3) is 0 Å². The van der Waals surface area contributed by atoms with Crippen molar-refractivity contribution in [2.45, 2.75) is 24.8 Å². The smallest absolute Gasteiger partial charge is 0.315 e. The zero-order valence-corrected chi connectivity index (χ0v) is 19.1. The first-order chi connectivity index (χ1) is 15.6. The third kappa shape index (κ3) is 5.05. The fourth-order valence-corrected chi connectivity index (χ4v) is 5.15. The minimum absolute atomic E-state index is 0.0136. The van der Waals surface area contributed by atoms with Crippen molar-refractivity contribution in [2.75, 3.05) is 31.7 Å². The van der Waals surface area contributed by atoms with E-state index in [1.165, 1.54) is 18.9 Å². The molecule has 1 aromatic heterocycles. The Bertz CT molecular complexity index is 1030. The number of rotatable bonds is 9. The lowest BCUT2D eigenvalue weighted by atomic mass is 9.88. The molecule has 4 N–H and O–H groups in total. The van der Waals surface area contributed by atoms with Crippen LogP contribution in [0.1, 0.15) is 19.2 Å². The van der Waals surface area contributed by atoms with E-state index in [0.29, 0.717) is 0 Å². The number of aliphatic carboxylic acids is 1. The molecule has 0 bridgehead atoms. The molecule has 0 radical (unpaired) electrons. The molecule has 2 saturated heterocycles. The van der Waals surface area contributed by atoms with Gasteiger partial charge in [0.05, 0.1) is 0 Å². The molecule has 3 atom stereocenters. The molecule has 14 nitrogen and oxygen atoms in total. The summed E-state index contributed by atoms with van der Waals surface area (Å²) in [5.41, 5.74) is 3.73. The largest absolute Gasteiger partial charge is 0.481 e.